The monoisotopic (exact) mass is 290 g/mol. The largest absolute Gasteiger partial charge is 0.497 e. The lowest BCUT2D eigenvalue weighted by molar-refractivity contribution is 0.283. The number of benzene rings is 1. The van der Waals surface area contributed by atoms with Crippen LogP contribution in [0.15, 0.2) is 24.5 Å². The Hall–Kier alpha value is -2.08. The van der Waals surface area contributed by atoms with Crippen LogP contribution in [0.2, 0.25) is 0 Å². The summed E-state index contributed by atoms with van der Waals surface area (Å²) in [6.45, 7) is 5.46. The Morgan fingerprint density at radius 1 is 1.38 bits per heavy atom. The average Bonchev–Trinajstić information content (AvgIpc) is 2.90. The molecule has 0 fully saturated rings. The van der Waals surface area contributed by atoms with E-state index in [0.717, 1.165) is 29.4 Å². The number of hydrogen-bond acceptors (Lipinski definition) is 5. The van der Waals surface area contributed by atoms with Gasteiger partial charge in [-0.25, -0.2) is 0 Å². The molecule has 1 aromatic heterocycles. The van der Waals surface area contributed by atoms with Crippen molar-refractivity contribution in [3.05, 3.63) is 35.9 Å². The fraction of sp³-hybridized carbons (Fsp3) is 0.467. The summed E-state index contributed by atoms with van der Waals surface area (Å²) < 4.78 is 13.0. The summed E-state index contributed by atoms with van der Waals surface area (Å²) in [4.78, 5) is 0. The molecule has 0 bridgehead atoms. The number of hydrogen-bond donors (Lipinski definition) is 1. The van der Waals surface area contributed by atoms with Gasteiger partial charge in [0.2, 0.25) is 0 Å². The highest BCUT2D eigenvalue weighted by molar-refractivity contribution is 5.42. The van der Waals surface area contributed by atoms with Gasteiger partial charge in [-0.3, -0.25) is 0 Å². The second kappa shape index (κ2) is 7.08. The van der Waals surface area contributed by atoms with E-state index in [1.807, 2.05) is 29.8 Å². The van der Waals surface area contributed by atoms with E-state index in [1.54, 1.807) is 13.4 Å². The molecule has 0 amide bonds. The highest BCUT2D eigenvalue weighted by Crippen LogP contribution is 2.30. The van der Waals surface area contributed by atoms with Crippen molar-refractivity contribution in [2.24, 2.45) is 7.05 Å². The second-order valence-electron chi connectivity index (χ2n) is 4.83. The Morgan fingerprint density at radius 3 is 2.81 bits per heavy atom. The van der Waals surface area contributed by atoms with Gasteiger partial charge >= 0.3 is 0 Å². The van der Waals surface area contributed by atoms with E-state index in [9.17, 15) is 0 Å². The van der Waals surface area contributed by atoms with Gasteiger partial charge in [0, 0.05) is 24.7 Å². The molecule has 1 aromatic carbocycles. The topological polar surface area (TPSA) is 61.2 Å². The molecule has 0 aliphatic rings. The Labute approximate surface area is 125 Å². The lowest BCUT2D eigenvalue weighted by Crippen LogP contribution is -2.18. The third-order valence-corrected chi connectivity index (χ3v) is 3.36. The summed E-state index contributed by atoms with van der Waals surface area (Å²) in [6.07, 6.45) is 1.66. The molecule has 1 unspecified atom stereocenters. The zero-order valence-corrected chi connectivity index (χ0v) is 13.0. The first-order valence-electron chi connectivity index (χ1n) is 7.02. The van der Waals surface area contributed by atoms with Gasteiger partial charge in [-0.2, -0.15) is 0 Å². The van der Waals surface area contributed by atoms with E-state index in [1.165, 1.54) is 0 Å². The maximum Gasteiger partial charge on any atom is 0.170 e. The number of methoxy groups -OCH3 is 1. The van der Waals surface area contributed by atoms with Crippen LogP contribution in [-0.4, -0.2) is 28.4 Å². The van der Waals surface area contributed by atoms with E-state index in [2.05, 4.69) is 29.4 Å². The molecule has 0 spiro atoms. The average molecular weight is 290 g/mol. The zero-order chi connectivity index (χ0) is 15.2. The normalized spacial score (nSPS) is 12.2. The maximum atomic E-state index is 5.93. The predicted molar refractivity (Wildman–Crippen MR) is 80.4 cm³/mol. The minimum absolute atomic E-state index is 0.204. The van der Waals surface area contributed by atoms with Crippen LogP contribution < -0.4 is 14.8 Å². The molecule has 2 rings (SSSR count). The smallest absolute Gasteiger partial charge is 0.170 e. The van der Waals surface area contributed by atoms with Crippen LogP contribution in [-0.2, 0) is 13.7 Å². The standard InChI is InChI=1S/C15H22N4O2/c1-5-16-11(2)13-7-6-12(20-4)8-14(13)21-9-15-18-17-10-19(15)3/h6-8,10-11,16H,5,9H2,1-4H3. The molecule has 1 N–H and O–H groups in total. The van der Waals surface area contributed by atoms with E-state index in [0.29, 0.717) is 6.61 Å². The van der Waals surface area contributed by atoms with Crippen molar-refractivity contribution in [3.63, 3.8) is 0 Å². The highest BCUT2D eigenvalue weighted by Gasteiger charge is 2.13. The van der Waals surface area contributed by atoms with Crippen LogP contribution in [0, 0.1) is 0 Å². The molecule has 0 aliphatic carbocycles. The summed E-state index contributed by atoms with van der Waals surface area (Å²) in [7, 11) is 3.54. The van der Waals surface area contributed by atoms with E-state index >= 15 is 0 Å². The first-order valence-corrected chi connectivity index (χ1v) is 7.02. The fourth-order valence-electron chi connectivity index (χ4n) is 2.12. The van der Waals surface area contributed by atoms with Crippen LogP contribution >= 0.6 is 0 Å². The highest BCUT2D eigenvalue weighted by atomic mass is 16.5. The third-order valence-electron chi connectivity index (χ3n) is 3.36. The number of aryl methyl sites for hydroxylation is 1. The Bertz CT molecular complexity index is 583. The molecule has 0 saturated heterocycles. The molecular formula is C15H22N4O2. The quantitative estimate of drug-likeness (QED) is 0.846. The van der Waals surface area contributed by atoms with Crippen LogP contribution in [0.5, 0.6) is 11.5 Å². The number of rotatable bonds is 7. The van der Waals surface area contributed by atoms with Crippen LogP contribution in [0.1, 0.15) is 31.3 Å². The Kier molecular flexibility index (Phi) is 5.16. The molecule has 6 heteroatoms. The summed E-state index contributed by atoms with van der Waals surface area (Å²) in [5, 5.41) is 11.3. The third kappa shape index (κ3) is 3.72. The van der Waals surface area contributed by atoms with Gasteiger partial charge in [0.25, 0.3) is 0 Å². The van der Waals surface area contributed by atoms with Crippen molar-refractivity contribution >= 4 is 0 Å². The van der Waals surface area contributed by atoms with Gasteiger partial charge in [0.15, 0.2) is 5.82 Å². The Balaban J connectivity index is 2.20. The van der Waals surface area contributed by atoms with Gasteiger partial charge in [-0.1, -0.05) is 13.0 Å². The fourth-order valence-corrected chi connectivity index (χ4v) is 2.12. The molecule has 1 atom stereocenters. The summed E-state index contributed by atoms with van der Waals surface area (Å²) in [6, 6.07) is 6.08. The minimum Gasteiger partial charge on any atom is -0.497 e. The van der Waals surface area contributed by atoms with E-state index < -0.39 is 0 Å². The number of aromatic nitrogens is 3. The molecule has 1 heterocycles. The SMILES string of the molecule is CCNC(C)c1ccc(OC)cc1OCc1nncn1C. The van der Waals surface area contributed by atoms with Crippen molar-refractivity contribution in [2.75, 3.05) is 13.7 Å². The first kappa shape index (κ1) is 15.3. The maximum absolute atomic E-state index is 5.93. The second-order valence-corrected chi connectivity index (χ2v) is 4.83. The molecule has 0 radical (unpaired) electrons. The molecule has 2 aromatic rings. The molecule has 0 aliphatic heterocycles. The van der Waals surface area contributed by atoms with Gasteiger partial charge in [0.1, 0.15) is 24.4 Å². The minimum atomic E-state index is 0.204. The van der Waals surface area contributed by atoms with Crippen LogP contribution in [0.3, 0.4) is 0 Å². The van der Waals surface area contributed by atoms with Crippen LogP contribution in [0.25, 0.3) is 0 Å². The lowest BCUT2D eigenvalue weighted by atomic mass is 10.1. The lowest BCUT2D eigenvalue weighted by Gasteiger charge is -2.18. The summed E-state index contributed by atoms with van der Waals surface area (Å²) in [5.74, 6) is 2.35. The van der Waals surface area contributed by atoms with Crippen molar-refractivity contribution < 1.29 is 9.47 Å². The van der Waals surface area contributed by atoms with E-state index in [-0.39, 0.29) is 6.04 Å². The van der Waals surface area contributed by atoms with Crippen LogP contribution in [0.4, 0.5) is 0 Å². The van der Waals surface area contributed by atoms with Gasteiger partial charge in [-0.05, 0) is 19.5 Å². The number of nitrogens with one attached hydrogen (secondary N) is 1. The zero-order valence-electron chi connectivity index (χ0n) is 13.0. The van der Waals surface area contributed by atoms with Crippen molar-refractivity contribution in [1.29, 1.82) is 0 Å². The Morgan fingerprint density at radius 2 is 2.19 bits per heavy atom. The first-order chi connectivity index (χ1) is 10.2. The molecule has 114 valence electrons. The summed E-state index contributed by atoms with van der Waals surface area (Å²) >= 11 is 0. The molecular weight excluding hydrogens is 268 g/mol. The van der Waals surface area contributed by atoms with Crippen molar-refractivity contribution in [2.45, 2.75) is 26.5 Å². The molecule has 6 nitrogen and oxygen atoms in total. The summed E-state index contributed by atoms with van der Waals surface area (Å²) in [5.41, 5.74) is 1.10. The van der Waals surface area contributed by atoms with Crippen molar-refractivity contribution in [1.82, 2.24) is 20.1 Å². The van der Waals surface area contributed by atoms with Gasteiger partial charge < -0.3 is 19.4 Å². The van der Waals surface area contributed by atoms with Gasteiger partial charge in [0.05, 0.1) is 7.11 Å². The number of ether oxygens (including phenoxy) is 2. The van der Waals surface area contributed by atoms with Crippen molar-refractivity contribution in [3.8, 4) is 11.5 Å². The van der Waals surface area contributed by atoms with Gasteiger partial charge in [-0.15, -0.1) is 10.2 Å². The predicted octanol–water partition coefficient (Wildman–Crippen LogP) is 2.07. The molecule has 0 saturated carbocycles. The molecule has 21 heavy (non-hydrogen) atoms. The van der Waals surface area contributed by atoms with E-state index in [4.69, 9.17) is 9.47 Å². The number of nitrogens with zero attached hydrogens (tertiary/aromatic N) is 3.